The third-order valence-electron chi connectivity index (χ3n) is 3.01. The van der Waals surface area contributed by atoms with Crippen molar-refractivity contribution in [3.8, 4) is 0 Å². The summed E-state index contributed by atoms with van der Waals surface area (Å²) in [5.74, 6) is -6.60. The summed E-state index contributed by atoms with van der Waals surface area (Å²) >= 11 is 0. The highest BCUT2D eigenvalue weighted by Gasteiger charge is 2.36. The van der Waals surface area contributed by atoms with E-state index in [9.17, 15) is 22.8 Å². The quantitative estimate of drug-likeness (QED) is 0.839. The van der Waals surface area contributed by atoms with Crippen molar-refractivity contribution in [2.45, 2.75) is 25.3 Å². The van der Waals surface area contributed by atoms with Gasteiger partial charge in [-0.3, -0.25) is 9.69 Å². The van der Waals surface area contributed by atoms with Gasteiger partial charge in [0.05, 0.1) is 5.69 Å². The molecule has 1 N–H and O–H groups in total. The van der Waals surface area contributed by atoms with Crippen LogP contribution in [0.2, 0.25) is 0 Å². The molecule has 0 bridgehead atoms. The first-order chi connectivity index (χ1) is 8.93. The number of carbonyl (C=O) groups is 2. The van der Waals surface area contributed by atoms with E-state index in [-0.39, 0.29) is 12.8 Å². The van der Waals surface area contributed by atoms with Crippen LogP contribution in [0.4, 0.5) is 18.9 Å². The minimum absolute atomic E-state index is 0.0439. The highest BCUT2D eigenvalue weighted by atomic mass is 19.2. The zero-order valence-electron chi connectivity index (χ0n) is 9.70. The second-order valence-electron chi connectivity index (χ2n) is 4.20. The summed E-state index contributed by atoms with van der Waals surface area (Å²) in [4.78, 5) is 23.5. The van der Waals surface area contributed by atoms with E-state index in [0.717, 1.165) is 6.07 Å². The van der Waals surface area contributed by atoms with Crippen molar-refractivity contribution < 1.29 is 27.9 Å². The predicted molar refractivity (Wildman–Crippen MR) is 59.1 cm³/mol. The molecule has 1 saturated heterocycles. The Morgan fingerprint density at radius 1 is 1.26 bits per heavy atom. The molecule has 102 valence electrons. The van der Waals surface area contributed by atoms with Gasteiger partial charge in [0.2, 0.25) is 5.91 Å². The molecule has 1 heterocycles. The monoisotopic (exact) mass is 273 g/mol. The molecule has 1 aliphatic rings. The van der Waals surface area contributed by atoms with Crippen molar-refractivity contribution in [3.05, 3.63) is 29.6 Å². The molecule has 19 heavy (non-hydrogen) atoms. The van der Waals surface area contributed by atoms with Crippen LogP contribution in [-0.4, -0.2) is 23.0 Å². The molecule has 2 rings (SSSR count). The number of carbonyl (C=O) groups excluding carboxylic acids is 1. The first kappa shape index (κ1) is 13.4. The molecule has 0 radical (unpaired) electrons. The number of halogens is 3. The molecule has 1 aliphatic heterocycles. The predicted octanol–water partition coefficient (Wildman–Crippen LogP) is 2.07. The van der Waals surface area contributed by atoms with E-state index in [1.165, 1.54) is 0 Å². The number of anilines is 1. The summed E-state index contributed by atoms with van der Waals surface area (Å²) in [6.45, 7) is 0. The lowest BCUT2D eigenvalue weighted by Crippen LogP contribution is -2.48. The van der Waals surface area contributed by atoms with Gasteiger partial charge in [0.15, 0.2) is 17.5 Å². The fourth-order valence-electron chi connectivity index (χ4n) is 2.11. The number of rotatable bonds is 2. The van der Waals surface area contributed by atoms with Crippen LogP contribution in [0.15, 0.2) is 12.1 Å². The van der Waals surface area contributed by atoms with Gasteiger partial charge >= 0.3 is 5.97 Å². The Labute approximate surface area is 106 Å². The Balaban J connectivity index is 2.50. The van der Waals surface area contributed by atoms with Gasteiger partial charge in [-0.15, -0.1) is 0 Å². The van der Waals surface area contributed by atoms with Gasteiger partial charge in [-0.2, -0.15) is 0 Å². The number of carboxylic acids is 1. The Morgan fingerprint density at radius 2 is 1.95 bits per heavy atom. The molecular formula is C12H10F3NO3. The minimum atomic E-state index is -1.72. The SMILES string of the molecule is O=C(O)C1CCCC(=O)N1c1ccc(F)c(F)c1F. The van der Waals surface area contributed by atoms with Crippen molar-refractivity contribution >= 4 is 17.6 Å². The van der Waals surface area contributed by atoms with Crippen molar-refractivity contribution in [1.29, 1.82) is 0 Å². The molecule has 0 aliphatic carbocycles. The number of hydrogen-bond donors (Lipinski definition) is 1. The Kier molecular flexibility index (Phi) is 3.46. The zero-order valence-corrected chi connectivity index (χ0v) is 9.70. The number of hydrogen-bond acceptors (Lipinski definition) is 2. The maximum atomic E-state index is 13.7. The third kappa shape index (κ3) is 2.27. The number of piperidine rings is 1. The molecule has 1 aromatic rings. The van der Waals surface area contributed by atoms with E-state index in [1.54, 1.807) is 0 Å². The Bertz CT molecular complexity index is 547. The normalized spacial score (nSPS) is 19.6. The fourth-order valence-corrected chi connectivity index (χ4v) is 2.11. The summed E-state index contributed by atoms with van der Waals surface area (Å²) in [6, 6.07) is 0.266. The van der Waals surface area contributed by atoms with Gasteiger partial charge in [0.25, 0.3) is 0 Å². The smallest absolute Gasteiger partial charge is 0.326 e. The molecule has 7 heteroatoms. The van der Waals surface area contributed by atoms with Crippen LogP contribution in [0.3, 0.4) is 0 Å². The van der Waals surface area contributed by atoms with Crippen LogP contribution in [0.25, 0.3) is 0 Å². The topological polar surface area (TPSA) is 57.6 Å². The highest BCUT2D eigenvalue weighted by molar-refractivity contribution is 6.00. The third-order valence-corrected chi connectivity index (χ3v) is 3.01. The molecule has 1 unspecified atom stereocenters. The molecule has 0 aromatic heterocycles. The van der Waals surface area contributed by atoms with Crippen LogP contribution in [0.5, 0.6) is 0 Å². The largest absolute Gasteiger partial charge is 0.480 e. The minimum Gasteiger partial charge on any atom is -0.480 e. The summed E-state index contributed by atoms with van der Waals surface area (Å²) in [6.07, 6.45) is 0.541. The van der Waals surface area contributed by atoms with Gasteiger partial charge in [-0.05, 0) is 25.0 Å². The van der Waals surface area contributed by atoms with Crippen LogP contribution >= 0.6 is 0 Å². The van der Waals surface area contributed by atoms with Gasteiger partial charge < -0.3 is 5.11 Å². The van der Waals surface area contributed by atoms with Crippen molar-refractivity contribution in [1.82, 2.24) is 0 Å². The van der Waals surface area contributed by atoms with Gasteiger partial charge in [-0.1, -0.05) is 0 Å². The van der Waals surface area contributed by atoms with Crippen LogP contribution in [0, 0.1) is 17.5 Å². The van der Waals surface area contributed by atoms with E-state index in [1.807, 2.05) is 0 Å². The van der Waals surface area contributed by atoms with E-state index >= 15 is 0 Å². The molecular weight excluding hydrogens is 263 g/mol. The van der Waals surface area contributed by atoms with E-state index in [2.05, 4.69) is 0 Å². The zero-order chi connectivity index (χ0) is 14.2. The molecule has 1 atom stereocenters. The molecule has 1 fully saturated rings. The Hall–Kier alpha value is -2.05. The Morgan fingerprint density at radius 3 is 2.58 bits per heavy atom. The molecule has 1 amide bonds. The second kappa shape index (κ2) is 4.91. The number of nitrogens with zero attached hydrogens (tertiary/aromatic N) is 1. The van der Waals surface area contributed by atoms with E-state index < -0.39 is 41.1 Å². The van der Waals surface area contributed by atoms with Crippen molar-refractivity contribution in [2.24, 2.45) is 0 Å². The lowest BCUT2D eigenvalue weighted by atomic mass is 10.0. The molecule has 1 aromatic carbocycles. The van der Waals surface area contributed by atoms with Gasteiger partial charge in [-0.25, -0.2) is 18.0 Å². The van der Waals surface area contributed by atoms with Crippen molar-refractivity contribution in [3.63, 3.8) is 0 Å². The molecule has 0 saturated carbocycles. The highest BCUT2D eigenvalue weighted by Crippen LogP contribution is 2.30. The van der Waals surface area contributed by atoms with Crippen LogP contribution in [-0.2, 0) is 9.59 Å². The lowest BCUT2D eigenvalue weighted by molar-refractivity contribution is -0.141. The average molecular weight is 273 g/mol. The lowest BCUT2D eigenvalue weighted by Gasteiger charge is -2.33. The first-order valence-corrected chi connectivity index (χ1v) is 5.62. The summed E-state index contributed by atoms with van der Waals surface area (Å²) in [7, 11) is 0. The molecule has 0 spiro atoms. The van der Waals surface area contributed by atoms with Crippen LogP contribution < -0.4 is 4.90 Å². The fraction of sp³-hybridized carbons (Fsp3) is 0.333. The number of aliphatic carboxylic acids is 1. The van der Waals surface area contributed by atoms with Gasteiger partial charge in [0.1, 0.15) is 6.04 Å². The maximum Gasteiger partial charge on any atom is 0.326 e. The van der Waals surface area contributed by atoms with E-state index in [4.69, 9.17) is 5.11 Å². The molecule has 4 nitrogen and oxygen atoms in total. The van der Waals surface area contributed by atoms with Crippen LogP contribution in [0.1, 0.15) is 19.3 Å². The number of benzene rings is 1. The van der Waals surface area contributed by atoms with Gasteiger partial charge in [0, 0.05) is 6.42 Å². The maximum absolute atomic E-state index is 13.7. The summed E-state index contributed by atoms with van der Waals surface area (Å²) < 4.78 is 39.7. The average Bonchev–Trinajstić information content (AvgIpc) is 2.37. The van der Waals surface area contributed by atoms with Crippen molar-refractivity contribution in [2.75, 3.05) is 4.90 Å². The standard InChI is InChI=1S/C12H10F3NO3/c13-6-4-5-7(11(15)10(6)14)16-8(12(18)19)2-1-3-9(16)17/h4-5,8H,1-3H2,(H,18,19). The van der Waals surface area contributed by atoms with E-state index in [0.29, 0.717) is 17.4 Å². The first-order valence-electron chi connectivity index (χ1n) is 5.62. The second-order valence-corrected chi connectivity index (χ2v) is 4.20. The number of carboxylic acid groups (broad SMARTS) is 1. The summed E-state index contributed by atoms with van der Waals surface area (Å²) in [5, 5.41) is 9.02. The number of amides is 1. The summed E-state index contributed by atoms with van der Waals surface area (Å²) in [5.41, 5.74) is -0.545.